The van der Waals surface area contributed by atoms with Crippen molar-refractivity contribution in [2.24, 2.45) is 22.7 Å². The van der Waals surface area contributed by atoms with Gasteiger partial charge < -0.3 is 10.6 Å². The fraction of sp³-hybridized carbons (Fsp3) is 0.947. The molecular formula is C19H36IN3OS. The zero-order valence-corrected chi connectivity index (χ0v) is 19.0. The van der Waals surface area contributed by atoms with Crippen molar-refractivity contribution in [2.75, 3.05) is 19.3 Å². The Morgan fingerprint density at radius 1 is 1.16 bits per heavy atom. The number of hydrogen-bond acceptors (Lipinski definition) is 2. The van der Waals surface area contributed by atoms with Crippen molar-refractivity contribution < 1.29 is 4.21 Å². The molecule has 2 N–H and O–H groups in total. The Morgan fingerprint density at radius 3 is 2.64 bits per heavy atom. The van der Waals surface area contributed by atoms with Gasteiger partial charge in [-0.05, 0) is 62.7 Å². The molecule has 3 fully saturated rings. The van der Waals surface area contributed by atoms with Gasteiger partial charge in [0.05, 0.1) is 0 Å². The predicted octanol–water partition coefficient (Wildman–Crippen LogP) is 3.68. The summed E-state index contributed by atoms with van der Waals surface area (Å²) in [4.78, 5) is 4.40. The van der Waals surface area contributed by atoms with E-state index in [4.69, 9.17) is 0 Å². The van der Waals surface area contributed by atoms with Gasteiger partial charge in [-0.25, -0.2) is 0 Å². The van der Waals surface area contributed by atoms with Gasteiger partial charge in [0.15, 0.2) is 5.96 Å². The van der Waals surface area contributed by atoms with E-state index in [1.807, 2.05) is 14.0 Å². The predicted molar refractivity (Wildman–Crippen MR) is 118 cm³/mol. The molecule has 0 heterocycles. The van der Waals surface area contributed by atoms with E-state index in [-0.39, 0.29) is 24.0 Å². The minimum absolute atomic E-state index is 0. The Kier molecular flexibility index (Phi) is 8.99. The Labute approximate surface area is 173 Å². The van der Waals surface area contributed by atoms with Gasteiger partial charge in [-0.2, -0.15) is 0 Å². The first-order valence-electron chi connectivity index (χ1n) is 10.0. The fourth-order valence-electron chi connectivity index (χ4n) is 5.24. The van der Waals surface area contributed by atoms with Gasteiger partial charge in [0.25, 0.3) is 0 Å². The average Bonchev–Trinajstić information content (AvgIpc) is 3.23. The SMILES string of the molecule is CCS(=O)C1CCCC(NC(=NC)NCCC2CC3CCC2C3)C1.I. The van der Waals surface area contributed by atoms with Crippen LogP contribution in [0.25, 0.3) is 0 Å². The molecule has 3 aliphatic carbocycles. The van der Waals surface area contributed by atoms with Crippen LogP contribution in [-0.2, 0) is 10.8 Å². The van der Waals surface area contributed by atoms with Crippen molar-refractivity contribution in [1.82, 2.24) is 10.6 Å². The summed E-state index contributed by atoms with van der Waals surface area (Å²) in [5.41, 5.74) is 0. The molecule has 0 saturated heterocycles. The molecule has 25 heavy (non-hydrogen) atoms. The summed E-state index contributed by atoms with van der Waals surface area (Å²) in [7, 11) is 1.20. The molecule has 0 aromatic rings. The number of rotatable bonds is 6. The van der Waals surface area contributed by atoms with Crippen molar-refractivity contribution in [2.45, 2.75) is 76.0 Å². The van der Waals surface area contributed by atoms with Gasteiger partial charge in [0.2, 0.25) is 0 Å². The summed E-state index contributed by atoms with van der Waals surface area (Å²) < 4.78 is 12.1. The van der Waals surface area contributed by atoms with Crippen LogP contribution in [0.3, 0.4) is 0 Å². The molecule has 2 bridgehead atoms. The molecule has 6 unspecified atom stereocenters. The van der Waals surface area contributed by atoms with Gasteiger partial charge in [-0.1, -0.05) is 19.8 Å². The molecule has 6 heteroatoms. The maximum absolute atomic E-state index is 12.1. The number of aliphatic imine (C=N–C) groups is 1. The molecule has 3 aliphatic rings. The molecule has 0 spiro atoms. The van der Waals surface area contributed by atoms with Crippen LogP contribution in [0.15, 0.2) is 4.99 Å². The average molecular weight is 481 g/mol. The second-order valence-corrected chi connectivity index (χ2v) is 10.0. The number of halogens is 1. The van der Waals surface area contributed by atoms with Crippen molar-refractivity contribution >= 4 is 40.7 Å². The number of hydrogen-bond donors (Lipinski definition) is 2. The summed E-state index contributed by atoms with van der Waals surface area (Å²) in [5.74, 6) is 4.71. The monoisotopic (exact) mass is 481 g/mol. The van der Waals surface area contributed by atoms with E-state index in [1.165, 1.54) is 44.9 Å². The van der Waals surface area contributed by atoms with E-state index in [2.05, 4.69) is 15.6 Å². The highest BCUT2D eigenvalue weighted by Crippen LogP contribution is 2.49. The minimum atomic E-state index is -0.659. The van der Waals surface area contributed by atoms with Gasteiger partial charge in [-0.15, -0.1) is 24.0 Å². The summed E-state index contributed by atoms with van der Waals surface area (Å²) in [5, 5.41) is 7.47. The van der Waals surface area contributed by atoms with Crippen molar-refractivity contribution in [1.29, 1.82) is 0 Å². The van der Waals surface area contributed by atoms with Crippen LogP contribution < -0.4 is 10.6 Å². The van der Waals surface area contributed by atoms with Crippen LogP contribution in [0.5, 0.6) is 0 Å². The highest BCUT2D eigenvalue weighted by atomic mass is 127. The quantitative estimate of drug-likeness (QED) is 0.346. The number of guanidine groups is 1. The third kappa shape index (κ3) is 5.81. The lowest BCUT2D eigenvalue weighted by atomic mass is 9.86. The lowest BCUT2D eigenvalue weighted by Crippen LogP contribution is -2.47. The van der Waals surface area contributed by atoms with Crippen LogP contribution in [0.2, 0.25) is 0 Å². The van der Waals surface area contributed by atoms with E-state index in [0.29, 0.717) is 11.3 Å². The van der Waals surface area contributed by atoms with Gasteiger partial charge >= 0.3 is 0 Å². The van der Waals surface area contributed by atoms with E-state index in [9.17, 15) is 4.21 Å². The third-order valence-electron chi connectivity index (χ3n) is 6.54. The maximum Gasteiger partial charge on any atom is 0.191 e. The molecular weight excluding hydrogens is 445 g/mol. The Bertz CT molecular complexity index is 474. The molecule has 0 radical (unpaired) electrons. The molecule has 6 atom stereocenters. The summed E-state index contributed by atoms with van der Waals surface area (Å²) in [6.07, 6.45) is 11.7. The van der Waals surface area contributed by atoms with Crippen molar-refractivity contribution in [3.8, 4) is 0 Å². The second kappa shape index (κ2) is 10.5. The molecule has 3 saturated carbocycles. The summed E-state index contributed by atoms with van der Waals surface area (Å²) >= 11 is 0. The van der Waals surface area contributed by atoms with Crippen LogP contribution >= 0.6 is 24.0 Å². The van der Waals surface area contributed by atoms with Gasteiger partial charge in [-0.3, -0.25) is 9.20 Å². The first-order chi connectivity index (χ1) is 11.7. The zero-order chi connectivity index (χ0) is 16.9. The zero-order valence-electron chi connectivity index (χ0n) is 15.8. The maximum atomic E-state index is 12.1. The summed E-state index contributed by atoms with van der Waals surface area (Å²) in [6.45, 7) is 3.06. The smallest absolute Gasteiger partial charge is 0.191 e. The number of nitrogens with one attached hydrogen (secondary N) is 2. The molecule has 0 amide bonds. The van der Waals surface area contributed by atoms with Crippen LogP contribution in [0, 0.1) is 17.8 Å². The standard InChI is InChI=1S/C19H35N3OS.HI/c1-3-24(23)18-6-4-5-17(13-18)22-19(20-2)21-10-9-16-12-14-7-8-15(16)11-14;/h14-18H,3-13H2,1-2H3,(H2,20,21,22);1H. The Hall–Kier alpha value is 0.150. The van der Waals surface area contributed by atoms with Crippen LogP contribution in [0.4, 0.5) is 0 Å². The number of fused-ring (bicyclic) bond motifs is 2. The summed E-state index contributed by atoms with van der Waals surface area (Å²) in [6, 6.07) is 0.424. The normalized spacial score (nSPS) is 35.9. The van der Waals surface area contributed by atoms with Crippen molar-refractivity contribution in [3.63, 3.8) is 0 Å². The highest BCUT2D eigenvalue weighted by Gasteiger charge is 2.38. The lowest BCUT2D eigenvalue weighted by molar-refractivity contribution is 0.314. The van der Waals surface area contributed by atoms with Crippen LogP contribution in [0.1, 0.15) is 64.7 Å². The third-order valence-corrected chi connectivity index (χ3v) is 8.28. The lowest BCUT2D eigenvalue weighted by Gasteiger charge is -2.30. The van der Waals surface area contributed by atoms with E-state index >= 15 is 0 Å². The Morgan fingerprint density at radius 2 is 2.00 bits per heavy atom. The molecule has 4 nitrogen and oxygen atoms in total. The van der Waals surface area contributed by atoms with Gasteiger partial charge in [0, 0.05) is 41.4 Å². The second-order valence-electron chi connectivity index (χ2n) is 8.02. The number of nitrogens with zero attached hydrogens (tertiary/aromatic N) is 1. The van der Waals surface area contributed by atoms with Gasteiger partial charge in [0.1, 0.15) is 0 Å². The van der Waals surface area contributed by atoms with E-state index in [0.717, 1.165) is 48.9 Å². The minimum Gasteiger partial charge on any atom is -0.356 e. The van der Waals surface area contributed by atoms with Crippen molar-refractivity contribution in [3.05, 3.63) is 0 Å². The molecule has 0 aromatic heterocycles. The van der Waals surface area contributed by atoms with Crippen LogP contribution in [-0.4, -0.2) is 40.8 Å². The topological polar surface area (TPSA) is 53.5 Å². The molecule has 0 aromatic carbocycles. The molecule has 146 valence electrons. The fourth-order valence-corrected chi connectivity index (χ4v) is 6.59. The van der Waals surface area contributed by atoms with E-state index < -0.39 is 10.8 Å². The highest BCUT2D eigenvalue weighted by molar-refractivity contribution is 14.0. The largest absolute Gasteiger partial charge is 0.356 e. The molecule has 0 aliphatic heterocycles. The first kappa shape index (κ1) is 21.5. The van der Waals surface area contributed by atoms with E-state index in [1.54, 1.807) is 0 Å². The molecule has 3 rings (SSSR count). The Balaban J connectivity index is 0.00000225. The first-order valence-corrected chi connectivity index (χ1v) is 11.4.